The molecule has 1 saturated heterocycles. The number of amides is 1. The number of aliphatic hydroxyl groups excluding tert-OH is 1. The van der Waals surface area contributed by atoms with Gasteiger partial charge in [-0.05, 0) is 25.0 Å². The predicted molar refractivity (Wildman–Crippen MR) is 68.0 cm³/mol. The molecule has 2 rings (SSSR count). The van der Waals surface area contributed by atoms with E-state index in [-0.39, 0.29) is 12.5 Å². The zero-order chi connectivity index (χ0) is 12.8. The van der Waals surface area contributed by atoms with Gasteiger partial charge < -0.3 is 10.0 Å². The first kappa shape index (κ1) is 12.6. The lowest BCUT2D eigenvalue weighted by atomic mass is 10.1. The van der Waals surface area contributed by atoms with E-state index in [9.17, 15) is 4.79 Å². The highest BCUT2D eigenvalue weighted by molar-refractivity contribution is 5.94. The molecule has 1 amide bonds. The Balaban J connectivity index is 2.21. The molecule has 1 N–H and O–H groups in total. The van der Waals surface area contributed by atoms with Crippen molar-refractivity contribution < 1.29 is 9.90 Å². The molecule has 0 unspecified atom stereocenters. The van der Waals surface area contributed by atoms with Crippen LogP contribution in [0, 0.1) is 11.8 Å². The molecule has 0 aromatic carbocycles. The molecule has 1 aromatic heterocycles. The molecule has 18 heavy (non-hydrogen) atoms. The van der Waals surface area contributed by atoms with Crippen molar-refractivity contribution in [2.24, 2.45) is 0 Å². The quantitative estimate of drug-likeness (QED) is 0.791. The lowest BCUT2D eigenvalue weighted by molar-refractivity contribution is 0.0787. The van der Waals surface area contributed by atoms with Gasteiger partial charge in [-0.2, -0.15) is 0 Å². The summed E-state index contributed by atoms with van der Waals surface area (Å²) in [5.41, 5.74) is 1.06. The Labute approximate surface area is 107 Å². The van der Waals surface area contributed by atoms with Crippen LogP contribution in [0.1, 0.15) is 35.3 Å². The second kappa shape index (κ2) is 6.18. The van der Waals surface area contributed by atoms with Gasteiger partial charge in [0.05, 0.1) is 12.2 Å². The maximum Gasteiger partial charge on any atom is 0.273 e. The maximum absolute atomic E-state index is 12.2. The van der Waals surface area contributed by atoms with Crippen molar-refractivity contribution in [3.8, 4) is 11.8 Å². The van der Waals surface area contributed by atoms with Gasteiger partial charge in [0.25, 0.3) is 5.91 Å². The van der Waals surface area contributed by atoms with Crippen molar-refractivity contribution in [2.75, 3.05) is 19.7 Å². The van der Waals surface area contributed by atoms with Crippen LogP contribution < -0.4 is 0 Å². The van der Waals surface area contributed by atoms with Gasteiger partial charge >= 0.3 is 0 Å². The average Bonchev–Trinajstić information content (AvgIpc) is 2.93. The highest BCUT2D eigenvalue weighted by Crippen LogP contribution is 2.13. The van der Waals surface area contributed by atoms with Crippen molar-refractivity contribution >= 4 is 5.91 Å². The monoisotopic (exact) mass is 244 g/mol. The standard InChI is InChI=1S/C14H16N2O2/c17-11-4-1-6-12-7-5-8-15-13(12)14(18)16-9-2-3-10-16/h5,7-8,17H,2-4,9-11H2. The summed E-state index contributed by atoms with van der Waals surface area (Å²) in [5, 5.41) is 8.70. The number of aromatic nitrogens is 1. The van der Waals surface area contributed by atoms with Crippen LogP contribution in [0.3, 0.4) is 0 Å². The van der Waals surface area contributed by atoms with E-state index in [1.54, 1.807) is 18.3 Å². The van der Waals surface area contributed by atoms with Gasteiger partial charge in [-0.3, -0.25) is 4.79 Å². The Kier molecular flexibility index (Phi) is 4.32. The largest absolute Gasteiger partial charge is 0.395 e. The highest BCUT2D eigenvalue weighted by Gasteiger charge is 2.22. The van der Waals surface area contributed by atoms with Crippen molar-refractivity contribution in [3.05, 3.63) is 29.6 Å². The van der Waals surface area contributed by atoms with Gasteiger partial charge in [0.2, 0.25) is 0 Å². The van der Waals surface area contributed by atoms with Gasteiger partial charge in [0, 0.05) is 25.7 Å². The average molecular weight is 244 g/mol. The predicted octanol–water partition coefficient (Wildman–Crippen LogP) is 1.05. The van der Waals surface area contributed by atoms with Gasteiger partial charge in [0.15, 0.2) is 0 Å². The molecule has 2 heterocycles. The molecule has 0 spiro atoms. The maximum atomic E-state index is 12.2. The number of rotatable bonds is 2. The van der Waals surface area contributed by atoms with E-state index in [2.05, 4.69) is 16.8 Å². The van der Waals surface area contributed by atoms with Crippen LogP contribution >= 0.6 is 0 Å². The van der Waals surface area contributed by atoms with Crippen LogP contribution in [0.5, 0.6) is 0 Å². The first-order chi connectivity index (χ1) is 8.83. The number of hydrogen-bond donors (Lipinski definition) is 1. The second-order valence-corrected chi connectivity index (χ2v) is 4.17. The summed E-state index contributed by atoms with van der Waals surface area (Å²) in [6.07, 6.45) is 4.14. The van der Waals surface area contributed by atoms with E-state index < -0.39 is 0 Å². The Hall–Kier alpha value is -1.86. The van der Waals surface area contributed by atoms with E-state index in [1.807, 2.05) is 4.90 Å². The van der Waals surface area contributed by atoms with E-state index in [1.165, 1.54) is 0 Å². The van der Waals surface area contributed by atoms with Crippen molar-refractivity contribution in [2.45, 2.75) is 19.3 Å². The number of carbonyl (C=O) groups is 1. The van der Waals surface area contributed by atoms with Gasteiger partial charge in [0.1, 0.15) is 5.69 Å². The van der Waals surface area contributed by atoms with Crippen LogP contribution in [0.15, 0.2) is 18.3 Å². The van der Waals surface area contributed by atoms with Crippen LogP contribution in [-0.2, 0) is 0 Å². The molecular weight excluding hydrogens is 228 g/mol. The summed E-state index contributed by atoms with van der Waals surface area (Å²) in [5.74, 6) is 5.68. The Morgan fingerprint density at radius 2 is 2.22 bits per heavy atom. The highest BCUT2D eigenvalue weighted by atomic mass is 16.2. The lowest BCUT2D eigenvalue weighted by Crippen LogP contribution is -2.29. The molecule has 0 radical (unpaired) electrons. The third kappa shape index (κ3) is 2.88. The van der Waals surface area contributed by atoms with Crippen LogP contribution in [0.4, 0.5) is 0 Å². The summed E-state index contributed by atoms with van der Waals surface area (Å²) < 4.78 is 0. The first-order valence-electron chi connectivity index (χ1n) is 6.17. The molecule has 1 aliphatic rings. The Morgan fingerprint density at radius 1 is 1.44 bits per heavy atom. The van der Waals surface area contributed by atoms with E-state index in [4.69, 9.17) is 5.11 Å². The SMILES string of the molecule is O=C(c1ncccc1C#CCCO)N1CCCC1. The fourth-order valence-electron chi connectivity index (χ4n) is 1.96. The number of nitrogens with zero attached hydrogens (tertiary/aromatic N) is 2. The number of carbonyl (C=O) groups excluding carboxylic acids is 1. The summed E-state index contributed by atoms with van der Waals surface area (Å²) >= 11 is 0. The molecule has 0 saturated carbocycles. The molecule has 4 heteroatoms. The number of hydrogen-bond acceptors (Lipinski definition) is 3. The molecule has 0 aliphatic carbocycles. The van der Waals surface area contributed by atoms with Crippen molar-refractivity contribution in [1.29, 1.82) is 0 Å². The molecule has 1 fully saturated rings. The lowest BCUT2D eigenvalue weighted by Gasteiger charge is -2.15. The third-order valence-corrected chi connectivity index (χ3v) is 2.86. The molecule has 1 aliphatic heterocycles. The van der Waals surface area contributed by atoms with E-state index in [0.29, 0.717) is 17.7 Å². The minimum absolute atomic E-state index is 0.0304. The third-order valence-electron chi connectivity index (χ3n) is 2.86. The zero-order valence-corrected chi connectivity index (χ0v) is 10.2. The summed E-state index contributed by atoms with van der Waals surface area (Å²) in [6, 6.07) is 3.56. The second-order valence-electron chi connectivity index (χ2n) is 4.17. The van der Waals surface area contributed by atoms with Crippen molar-refractivity contribution in [1.82, 2.24) is 9.88 Å². The minimum atomic E-state index is -0.0404. The van der Waals surface area contributed by atoms with Gasteiger partial charge in [-0.15, -0.1) is 0 Å². The number of likely N-dealkylation sites (tertiary alicyclic amines) is 1. The van der Waals surface area contributed by atoms with E-state index >= 15 is 0 Å². The fourth-order valence-corrected chi connectivity index (χ4v) is 1.96. The molecule has 0 bridgehead atoms. The normalized spacial score (nSPS) is 14.2. The fraction of sp³-hybridized carbons (Fsp3) is 0.429. The number of pyridine rings is 1. The minimum Gasteiger partial charge on any atom is -0.395 e. The van der Waals surface area contributed by atoms with Gasteiger partial charge in [-0.25, -0.2) is 4.98 Å². The summed E-state index contributed by atoms with van der Waals surface area (Å²) in [4.78, 5) is 18.2. The first-order valence-corrected chi connectivity index (χ1v) is 6.17. The smallest absolute Gasteiger partial charge is 0.273 e. The van der Waals surface area contributed by atoms with E-state index in [0.717, 1.165) is 25.9 Å². The summed E-state index contributed by atoms with van der Waals surface area (Å²) in [7, 11) is 0. The van der Waals surface area contributed by atoms with Crippen LogP contribution in [-0.4, -0.2) is 40.6 Å². The zero-order valence-electron chi connectivity index (χ0n) is 10.2. The van der Waals surface area contributed by atoms with Gasteiger partial charge in [-0.1, -0.05) is 11.8 Å². The van der Waals surface area contributed by atoms with Crippen molar-refractivity contribution in [3.63, 3.8) is 0 Å². The van der Waals surface area contributed by atoms with Crippen LogP contribution in [0.25, 0.3) is 0 Å². The Morgan fingerprint density at radius 3 is 2.94 bits per heavy atom. The molecule has 4 nitrogen and oxygen atoms in total. The topological polar surface area (TPSA) is 53.4 Å². The summed E-state index contributed by atoms with van der Waals surface area (Å²) in [6.45, 7) is 1.64. The molecule has 1 aromatic rings. The molecule has 0 atom stereocenters. The Bertz CT molecular complexity index is 482. The molecular formula is C14H16N2O2. The molecule has 94 valence electrons. The number of aliphatic hydroxyl groups is 1. The van der Waals surface area contributed by atoms with Crippen LogP contribution in [0.2, 0.25) is 0 Å².